The predicted molar refractivity (Wildman–Crippen MR) is 87.1 cm³/mol. The van der Waals surface area contributed by atoms with Gasteiger partial charge in [-0.15, -0.1) is 0 Å². The predicted octanol–water partition coefficient (Wildman–Crippen LogP) is 3.78. The lowest BCUT2D eigenvalue weighted by Gasteiger charge is -2.38. The van der Waals surface area contributed by atoms with Gasteiger partial charge in [-0.1, -0.05) is 18.2 Å². The number of halogens is 1. The van der Waals surface area contributed by atoms with Crippen LogP contribution in [0.5, 0.6) is 0 Å². The van der Waals surface area contributed by atoms with E-state index in [2.05, 4.69) is 37.9 Å². The van der Waals surface area contributed by atoms with E-state index in [4.69, 9.17) is 0 Å². The molecule has 0 heterocycles. The fourth-order valence-corrected chi connectivity index (χ4v) is 3.36. The lowest BCUT2D eigenvalue weighted by Crippen LogP contribution is -2.46. The van der Waals surface area contributed by atoms with Gasteiger partial charge in [0, 0.05) is 31.2 Å². The van der Waals surface area contributed by atoms with Gasteiger partial charge in [-0.3, -0.25) is 4.90 Å². The van der Waals surface area contributed by atoms with E-state index in [0.717, 1.165) is 31.5 Å². The maximum atomic E-state index is 13.7. The number of benzene rings is 1. The Morgan fingerprint density at radius 3 is 2.33 bits per heavy atom. The summed E-state index contributed by atoms with van der Waals surface area (Å²) in [6.07, 6.45) is 2.12. The highest BCUT2D eigenvalue weighted by molar-refractivity contribution is 5.24. The Hall–Kier alpha value is -0.930. The van der Waals surface area contributed by atoms with Gasteiger partial charge in [0.25, 0.3) is 0 Å². The van der Waals surface area contributed by atoms with Crippen LogP contribution in [0, 0.1) is 5.82 Å². The standard InChI is InChI=1S/C18H29FN2/c1-13(2)21(14(3)4)10-9-20-16-11-15(12-16)17-7-5-6-8-18(17)19/h5-8,13-16,20H,9-12H2,1-4H3. The molecule has 0 amide bonds. The molecule has 0 unspecified atom stereocenters. The maximum absolute atomic E-state index is 13.7. The number of hydrogen-bond acceptors (Lipinski definition) is 2. The minimum absolute atomic E-state index is 0.0493. The first-order chi connectivity index (χ1) is 9.99. The van der Waals surface area contributed by atoms with Crippen LogP contribution in [0.25, 0.3) is 0 Å². The molecule has 0 bridgehead atoms. The van der Waals surface area contributed by atoms with E-state index in [1.165, 1.54) is 0 Å². The molecule has 118 valence electrons. The summed E-state index contributed by atoms with van der Waals surface area (Å²) in [6.45, 7) is 11.1. The van der Waals surface area contributed by atoms with E-state index in [1.54, 1.807) is 12.1 Å². The number of rotatable bonds is 7. The maximum Gasteiger partial charge on any atom is 0.126 e. The summed E-state index contributed by atoms with van der Waals surface area (Å²) >= 11 is 0. The van der Waals surface area contributed by atoms with Crippen molar-refractivity contribution in [2.75, 3.05) is 13.1 Å². The van der Waals surface area contributed by atoms with Crippen molar-refractivity contribution in [1.82, 2.24) is 10.2 Å². The summed E-state index contributed by atoms with van der Waals surface area (Å²) in [7, 11) is 0. The number of nitrogens with one attached hydrogen (secondary N) is 1. The van der Waals surface area contributed by atoms with Crippen LogP contribution < -0.4 is 5.32 Å². The van der Waals surface area contributed by atoms with Crippen LogP contribution in [-0.2, 0) is 0 Å². The Labute approximate surface area is 128 Å². The normalized spacial score (nSPS) is 22.1. The Bertz CT molecular complexity index is 431. The van der Waals surface area contributed by atoms with Gasteiger partial charge in [0.2, 0.25) is 0 Å². The van der Waals surface area contributed by atoms with E-state index in [-0.39, 0.29) is 5.82 Å². The molecule has 0 atom stereocenters. The first-order valence-electron chi connectivity index (χ1n) is 8.22. The number of hydrogen-bond donors (Lipinski definition) is 1. The Balaban J connectivity index is 1.70. The van der Waals surface area contributed by atoms with Gasteiger partial charge in [-0.25, -0.2) is 4.39 Å². The molecule has 1 aliphatic rings. The zero-order valence-electron chi connectivity index (χ0n) is 13.8. The molecular weight excluding hydrogens is 263 g/mol. The second-order valence-electron chi connectivity index (χ2n) is 6.77. The van der Waals surface area contributed by atoms with Crippen molar-refractivity contribution in [3.05, 3.63) is 35.6 Å². The lowest BCUT2D eigenvalue weighted by molar-refractivity contribution is 0.167. The number of nitrogens with zero attached hydrogens (tertiary/aromatic N) is 1. The topological polar surface area (TPSA) is 15.3 Å². The molecule has 1 saturated carbocycles. The summed E-state index contributed by atoms with van der Waals surface area (Å²) in [5, 5.41) is 3.61. The van der Waals surface area contributed by atoms with Gasteiger partial charge < -0.3 is 5.32 Å². The van der Waals surface area contributed by atoms with Gasteiger partial charge in [-0.05, 0) is 58.1 Å². The van der Waals surface area contributed by atoms with Crippen LogP contribution >= 0.6 is 0 Å². The molecule has 1 N–H and O–H groups in total. The highest BCUT2D eigenvalue weighted by Crippen LogP contribution is 2.37. The summed E-state index contributed by atoms with van der Waals surface area (Å²) in [5.41, 5.74) is 0.890. The van der Waals surface area contributed by atoms with Crippen molar-refractivity contribution in [1.29, 1.82) is 0 Å². The van der Waals surface area contributed by atoms with E-state index in [1.807, 2.05) is 12.1 Å². The van der Waals surface area contributed by atoms with E-state index in [0.29, 0.717) is 24.0 Å². The largest absolute Gasteiger partial charge is 0.313 e. The first-order valence-corrected chi connectivity index (χ1v) is 8.22. The van der Waals surface area contributed by atoms with Crippen LogP contribution in [0.1, 0.15) is 52.0 Å². The molecule has 0 aromatic heterocycles. The van der Waals surface area contributed by atoms with Gasteiger partial charge in [0.15, 0.2) is 0 Å². The zero-order chi connectivity index (χ0) is 15.4. The van der Waals surface area contributed by atoms with Crippen molar-refractivity contribution >= 4 is 0 Å². The molecule has 2 rings (SSSR count). The average molecular weight is 292 g/mol. The molecule has 0 saturated heterocycles. The molecular formula is C18H29FN2. The second-order valence-corrected chi connectivity index (χ2v) is 6.77. The van der Waals surface area contributed by atoms with Crippen molar-refractivity contribution in [2.45, 2.75) is 64.6 Å². The third-order valence-electron chi connectivity index (χ3n) is 4.61. The van der Waals surface area contributed by atoms with Crippen molar-refractivity contribution in [3.63, 3.8) is 0 Å². The van der Waals surface area contributed by atoms with Crippen LogP contribution in [0.2, 0.25) is 0 Å². The Morgan fingerprint density at radius 1 is 1.14 bits per heavy atom. The third kappa shape index (κ3) is 4.27. The van der Waals surface area contributed by atoms with Gasteiger partial charge in [0.1, 0.15) is 5.82 Å². The third-order valence-corrected chi connectivity index (χ3v) is 4.61. The van der Waals surface area contributed by atoms with Crippen molar-refractivity contribution < 1.29 is 4.39 Å². The summed E-state index contributed by atoms with van der Waals surface area (Å²) in [6, 6.07) is 8.91. The minimum Gasteiger partial charge on any atom is -0.313 e. The van der Waals surface area contributed by atoms with Crippen LogP contribution in [0.3, 0.4) is 0 Å². The molecule has 0 radical (unpaired) electrons. The van der Waals surface area contributed by atoms with Gasteiger partial charge >= 0.3 is 0 Å². The molecule has 0 spiro atoms. The highest BCUT2D eigenvalue weighted by Gasteiger charge is 2.31. The SMILES string of the molecule is CC(C)N(CCNC1CC(c2ccccc2F)C1)C(C)C. The van der Waals surface area contributed by atoms with Crippen molar-refractivity contribution in [2.24, 2.45) is 0 Å². The fourth-order valence-electron chi connectivity index (χ4n) is 3.36. The summed E-state index contributed by atoms with van der Waals surface area (Å²) < 4.78 is 13.7. The first kappa shape index (κ1) is 16.4. The zero-order valence-corrected chi connectivity index (χ0v) is 13.8. The van der Waals surface area contributed by atoms with Gasteiger partial charge in [-0.2, -0.15) is 0 Å². The molecule has 1 aliphatic carbocycles. The van der Waals surface area contributed by atoms with E-state index < -0.39 is 0 Å². The second kappa shape index (κ2) is 7.37. The molecule has 2 nitrogen and oxygen atoms in total. The molecule has 1 fully saturated rings. The van der Waals surface area contributed by atoms with Crippen LogP contribution in [-0.4, -0.2) is 36.1 Å². The summed E-state index contributed by atoms with van der Waals surface area (Å²) in [5.74, 6) is 0.349. The van der Waals surface area contributed by atoms with Crippen LogP contribution in [0.4, 0.5) is 4.39 Å². The highest BCUT2D eigenvalue weighted by atomic mass is 19.1. The molecule has 3 heteroatoms. The van der Waals surface area contributed by atoms with Crippen molar-refractivity contribution in [3.8, 4) is 0 Å². The van der Waals surface area contributed by atoms with Gasteiger partial charge in [0.05, 0.1) is 0 Å². The Morgan fingerprint density at radius 2 is 1.76 bits per heavy atom. The average Bonchev–Trinajstić information content (AvgIpc) is 2.37. The molecule has 21 heavy (non-hydrogen) atoms. The molecule has 0 aliphatic heterocycles. The lowest BCUT2D eigenvalue weighted by atomic mass is 9.75. The monoisotopic (exact) mass is 292 g/mol. The Kier molecular flexibility index (Phi) is 5.77. The minimum atomic E-state index is -0.0493. The van der Waals surface area contributed by atoms with Crippen LogP contribution in [0.15, 0.2) is 24.3 Å². The molecule has 1 aromatic carbocycles. The van der Waals surface area contributed by atoms with E-state index >= 15 is 0 Å². The molecule has 1 aromatic rings. The quantitative estimate of drug-likeness (QED) is 0.823. The fraction of sp³-hybridized carbons (Fsp3) is 0.667. The summed E-state index contributed by atoms with van der Waals surface area (Å²) in [4.78, 5) is 2.50. The smallest absolute Gasteiger partial charge is 0.126 e. The van der Waals surface area contributed by atoms with E-state index in [9.17, 15) is 4.39 Å².